The fraction of sp³-hybridized carbons (Fsp3) is 0.373. The molecule has 0 bridgehead atoms. The number of nitrogens with one attached hydrogen (secondary N) is 3. The first kappa shape index (κ1) is 86.2. The molecule has 6 aliphatic heterocycles. The number of ether oxygens (including phenoxy) is 6. The summed E-state index contributed by atoms with van der Waals surface area (Å²) in [6.07, 6.45) is 4.41. The van der Waals surface area contributed by atoms with E-state index in [1.807, 2.05) is 41.0 Å². The number of pyridine rings is 2. The lowest BCUT2D eigenvalue weighted by atomic mass is 10.1. The van der Waals surface area contributed by atoms with Crippen molar-refractivity contribution in [1.82, 2.24) is 99.9 Å². The third kappa shape index (κ3) is 18.1. The molecule has 5 atom stereocenters. The van der Waals surface area contributed by atoms with Gasteiger partial charge in [-0.05, 0) is 96.0 Å². The number of carbonyl (C=O) groups excluding carboxylic acids is 3. The highest BCUT2D eigenvalue weighted by Crippen LogP contribution is 2.46. The lowest BCUT2D eigenvalue weighted by Crippen LogP contribution is -2.48. The summed E-state index contributed by atoms with van der Waals surface area (Å²) in [6, 6.07) is 13.5. The van der Waals surface area contributed by atoms with Crippen LogP contribution in [-0.2, 0) is 14.4 Å². The summed E-state index contributed by atoms with van der Waals surface area (Å²) >= 11 is 19.1. The SMILES string of the molecule is C=CC(=O)N1CCN(c2nc(OC3CN(C)C[C@H]3C(F)(F)F)nc3c(Oc4c(Cl)c(F)cc5[nH]ncc45)nccc23)CC1.C=CC(=O)N1CCN(c2nc(OC[C@H]3CCCN3C)nc3c(Oc4c(C)c(Cl)cc5[nH]ncc45)cccc23)CC1.C=CC(=O)N1CCN(c2nc(O[C@@H]3CN(C)C[C@H]3C(F)F)nc3c(Oc4c(Cl)c(F)cc5[nH]ncc45)nccc23)CC1. The van der Waals surface area contributed by atoms with E-state index in [1.165, 1.54) is 60.0 Å². The number of nitrogens with zero attached hydrogens (tertiary/aromatic N) is 20. The van der Waals surface area contributed by atoms with Crippen LogP contribution >= 0.6 is 34.8 Å². The van der Waals surface area contributed by atoms with Gasteiger partial charge in [0.15, 0.2) is 17.2 Å². The van der Waals surface area contributed by atoms with Gasteiger partial charge in [0.2, 0.25) is 35.9 Å². The minimum atomic E-state index is -4.50. The van der Waals surface area contributed by atoms with Crippen molar-refractivity contribution in [3.05, 3.63) is 150 Å². The highest BCUT2D eigenvalue weighted by molar-refractivity contribution is 6.34. The number of amides is 3. The van der Waals surface area contributed by atoms with E-state index in [1.54, 1.807) is 52.0 Å². The number of hydrogen-bond acceptors (Lipinski definition) is 26. The predicted octanol–water partition coefficient (Wildman–Crippen LogP) is 12.7. The van der Waals surface area contributed by atoms with Crippen molar-refractivity contribution in [3.63, 3.8) is 0 Å². The summed E-state index contributed by atoms with van der Waals surface area (Å²) in [4.78, 5) is 89.6. The Kier molecular flexibility index (Phi) is 25.2. The van der Waals surface area contributed by atoms with Crippen molar-refractivity contribution in [3.8, 4) is 52.8 Å². The number of aromatic amines is 3. The zero-order chi connectivity index (χ0) is 87.8. The zero-order valence-electron chi connectivity index (χ0n) is 67.9. The number of piperazine rings is 3. The Morgan fingerprint density at radius 1 is 0.536 bits per heavy atom. The molecular weight excluding hydrogens is 1700 g/mol. The van der Waals surface area contributed by atoms with Crippen molar-refractivity contribution in [1.29, 1.82) is 0 Å². The number of para-hydroxylation sites is 1. The average Bonchev–Trinajstić information content (AvgIpc) is 1.75. The molecule has 125 heavy (non-hydrogen) atoms. The molecule has 0 radical (unpaired) electrons. The molecule has 6 fully saturated rings. The molecule has 3 N–H and O–H groups in total. The molecule has 8 aromatic heterocycles. The van der Waals surface area contributed by atoms with E-state index in [0.717, 1.165) is 47.1 Å². The monoisotopic (exact) mass is 1780 g/mol. The number of fused-ring (bicyclic) bond motifs is 6. The van der Waals surface area contributed by atoms with Gasteiger partial charge in [-0.2, -0.15) is 58.4 Å². The molecule has 654 valence electrons. The average molecular weight is 1790 g/mol. The molecule has 0 aliphatic carbocycles. The number of carbonyl (C=O) groups is 3. The van der Waals surface area contributed by atoms with Gasteiger partial charge < -0.3 is 72.5 Å². The van der Waals surface area contributed by atoms with Gasteiger partial charge >= 0.3 is 24.2 Å². The molecular formula is C83H83Cl3F7N23O9. The fourth-order valence-corrected chi connectivity index (χ4v) is 16.8. The number of hydrogen-bond donors (Lipinski definition) is 3. The number of likely N-dealkylation sites (N-methyl/N-ethyl adjacent to an activating group) is 3. The number of anilines is 3. The van der Waals surface area contributed by atoms with E-state index < -0.39 is 48.3 Å². The molecule has 6 aliphatic rings. The van der Waals surface area contributed by atoms with Gasteiger partial charge in [0.05, 0.1) is 68.0 Å². The first-order valence-electron chi connectivity index (χ1n) is 40.0. The van der Waals surface area contributed by atoms with Gasteiger partial charge in [-0.1, -0.05) is 60.6 Å². The van der Waals surface area contributed by atoms with Crippen LogP contribution in [0.3, 0.4) is 0 Å². The first-order valence-corrected chi connectivity index (χ1v) is 41.1. The number of alkyl halides is 5. The Hall–Kier alpha value is -12.3. The second-order valence-corrected chi connectivity index (χ2v) is 32.0. The molecule has 14 heterocycles. The smallest absolute Gasteiger partial charge is 0.396 e. The van der Waals surface area contributed by atoms with Crippen molar-refractivity contribution in [2.45, 2.75) is 50.6 Å². The number of H-pyrrole nitrogens is 3. The molecule has 0 saturated carbocycles. The molecule has 6 saturated heterocycles. The van der Waals surface area contributed by atoms with E-state index in [9.17, 15) is 45.1 Å². The van der Waals surface area contributed by atoms with Crippen LogP contribution in [0.25, 0.3) is 65.4 Å². The van der Waals surface area contributed by atoms with Gasteiger partial charge in [0.1, 0.15) is 86.2 Å². The minimum Gasteiger partial charge on any atom is -0.462 e. The van der Waals surface area contributed by atoms with Crippen LogP contribution in [-0.4, -0.2) is 287 Å². The van der Waals surface area contributed by atoms with Gasteiger partial charge in [-0.15, -0.1) is 0 Å². The summed E-state index contributed by atoms with van der Waals surface area (Å²) in [5, 5.41) is 23.8. The highest BCUT2D eigenvalue weighted by Gasteiger charge is 2.51. The van der Waals surface area contributed by atoms with Crippen molar-refractivity contribution in [2.75, 3.05) is 154 Å². The number of likely N-dealkylation sites (tertiary alicyclic amines) is 3. The standard InChI is InChI=1S/C29H32ClN7O3.C27H25ClF4N8O3.C27H26ClF3N8O3/c1-4-25(38)36-11-13-37(14-12-36)28-20-8-5-9-24(40-27-18(2)22(30)15-23-21(27)16-31-34-23)26(20)32-29(33-28)39-17-19-7-6-10-35(19)3;1-3-20(41)39-6-8-40(9-7-39)24-14-4-5-33-25(43-23-15-11-34-37-18(15)10-17(29)21(23)28)22(14)35-26(36-24)42-19-13-38(2)12-16(19)27(30,31)32;1-3-20(40)38-6-8-39(9-7-38)25-14-4-5-32-26(42-23-15-11-33-36-18(15)10-17(29)21(23)28)22(14)34-27(35-25)41-19-13-37(2)12-16(19)24(30)31/h4-5,8-9,15-16,19H,1,6-7,10-14,17H2,2-3H3,(H,31,34);3-5,10-11,16,19H,1,6-9,12-13H2,2H3,(H,34,37);3-5,10-11,16,19,24H,1,6-9,12-13H2,2H3,(H,33,36)/t19-;16-,19?;16-,19-/m111/s1. The normalized spacial score (nSPS) is 19.2. The summed E-state index contributed by atoms with van der Waals surface area (Å²) < 4.78 is 135. The molecule has 18 rings (SSSR count). The van der Waals surface area contributed by atoms with Crippen LogP contribution < -0.4 is 43.1 Å². The highest BCUT2D eigenvalue weighted by atomic mass is 35.5. The van der Waals surface area contributed by atoms with Crippen molar-refractivity contribution in [2.24, 2.45) is 11.8 Å². The third-order valence-electron chi connectivity index (χ3n) is 22.9. The Bertz CT molecular complexity index is 6110. The number of benzene rings is 4. The largest absolute Gasteiger partial charge is 0.462 e. The summed E-state index contributed by atoms with van der Waals surface area (Å²) in [5.74, 6) is -2.17. The molecule has 32 nitrogen and oxygen atoms in total. The van der Waals surface area contributed by atoms with Crippen molar-refractivity contribution < 1.29 is 73.5 Å². The second kappa shape index (κ2) is 36.5. The van der Waals surface area contributed by atoms with Crippen LogP contribution in [0, 0.1) is 30.4 Å². The second-order valence-electron chi connectivity index (χ2n) is 30.8. The predicted molar refractivity (Wildman–Crippen MR) is 453 cm³/mol. The van der Waals surface area contributed by atoms with E-state index in [4.69, 9.17) is 73.2 Å². The molecule has 0 spiro atoms. The third-order valence-corrected chi connectivity index (χ3v) is 24.0. The van der Waals surface area contributed by atoms with E-state index in [0.29, 0.717) is 163 Å². The lowest BCUT2D eigenvalue weighted by molar-refractivity contribution is -0.186. The topological polar surface area (TPSA) is 325 Å². The minimum absolute atomic E-state index is 0.0109. The van der Waals surface area contributed by atoms with E-state index >= 15 is 0 Å². The van der Waals surface area contributed by atoms with Crippen LogP contribution in [0.5, 0.6) is 52.8 Å². The zero-order valence-corrected chi connectivity index (χ0v) is 70.1. The maximum absolute atomic E-state index is 14.6. The van der Waals surface area contributed by atoms with Gasteiger partial charge in [-0.25, -0.2) is 27.5 Å². The summed E-state index contributed by atoms with van der Waals surface area (Å²) in [5.41, 5.74) is 3.25. The van der Waals surface area contributed by atoms with Crippen LogP contribution in [0.2, 0.25) is 15.1 Å². The number of rotatable bonds is 20. The molecule has 12 aromatic rings. The van der Waals surface area contributed by atoms with E-state index in [2.05, 4.69) is 97.1 Å². The lowest BCUT2D eigenvalue weighted by Gasteiger charge is -2.35. The summed E-state index contributed by atoms with van der Waals surface area (Å²) in [6.45, 7) is 20.0. The van der Waals surface area contributed by atoms with Crippen LogP contribution in [0.1, 0.15) is 18.4 Å². The number of halogens is 10. The summed E-state index contributed by atoms with van der Waals surface area (Å²) in [7, 11) is 5.44. The molecule has 42 heteroatoms. The Balaban J connectivity index is 0.000000138. The van der Waals surface area contributed by atoms with Gasteiger partial charge in [-0.3, -0.25) is 29.7 Å². The maximum Gasteiger partial charge on any atom is 0.396 e. The van der Waals surface area contributed by atoms with Gasteiger partial charge in [0.25, 0.3) is 0 Å². The quantitative estimate of drug-likeness (QED) is 0.0471. The Morgan fingerprint density at radius 2 is 0.976 bits per heavy atom. The first-order chi connectivity index (χ1) is 60.2. The molecule has 3 amide bonds. The molecule has 1 unspecified atom stereocenters. The molecule has 4 aromatic carbocycles. The van der Waals surface area contributed by atoms with Crippen LogP contribution in [0.15, 0.2) is 117 Å². The van der Waals surface area contributed by atoms with Crippen LogP contribution in [0.4, 0.5) is 48.2 Å². The Morgan fingerprint density at radius 3 is 1.44 bits per heavy atom. The van der Waals surface area contributed by atoms with Gasteiger partial charge in [0, 0.05) is 151 Å². The van der Waals surface area contributed by atoms with Crippen molar-refractivity contribution >= 4 is 135 Å². The fourth-order valence-electron chi connectivity index (χ4n) is 16.2. The Labute approximate surface area is 723 Å². The number of aromatic nitrogens is 14. The maximum atomic E-state index is 14.6. The van der Waals surface area contributed by atoms with E-state index in [-0.39, 0.29) is 100 Å².